The molecule has 3 heteroatoms. The zero-order valence-corrected chi connectivity index (χ0v) is 31.0. The number of nitrogens with zero attached hydrogens (tertiary/aromatic N) is 2. The van der Waals surface area contributed by atoms with Crippen LogP contribution in [0.1, 0.15) is 50.7 Å². The molecule has 0 unspecified atom stereocenters. The molecule has 0 amide bonds. The Balaban J connectivity index is 0.000000167. The van der Waals surface area contributed by atoms with E-state index >= 15 is 0 Å². The molecule has 0 saturated heterocycles. The topological polar surface area (TPSA) is 25.8 Å². The molecule has 0 radical (unpaired) electrons. The minimum atomic E-state index is 0. The van der Waals surface area contributed by atoms with Gasteiger partial charge in [0.2, 0.25) is 0 Å². The maximum atomic E-state index is 4.48. The summed E-state index contributed by atoms with van der Waals surface area (Å²) in [6.45, 7) is 8.91. The summed E-state index contributed by atoms with van der Waals surface area (Å²) in [7, 11) is 0. The first kappa shape index (κ1) is 34.2. The standard InChI is InChI=1S/2C23H20N.Zr/c2*1-16(2)17-9-11-18(12-10-17)21-7-5-6-19-14-20(15-22(19)21)23-8-3-4-13-24-23;/h2*3-16H,1-2H3;/q2*-1;+2. The van der Waals surface area contributed by atoms with E-state index in [1.165, 1.54) is 66.1 Å². The Morgan fingerprint density at radius 3 is 1.20 bits per heavy atom. The van der Waals surface area contributed by atoms with Crippen LogP contribution < -0.4 is 0 Å². The summed E-state index contributed by atoms with van der Waals surface area (Å²) in [5, 5.41) is 5.10. The van der Waals surface area contributed by atoms with Gasteiger partial charge in [0.1, 0.15) is 0 Å². The maximum Gasteiger partial charge on any atom is 2.00 e. The van der Waals surface area contributed by atoms with Crippen molar-refractivity contribution in [1.29, 1.82) is 0 Å². The normalized spacial score (nSPS) is 11.1. The van der Waals surface area contributed by atoms with Gasteiger partial charge < -0.3 is 0 Å². The molecule has 0 spiro atoms. The minimum absolute atomic E-state index is 0. The molecule has 238 valence electrons. The summed E-state index contributed by atoms with van der Waals surface area (Å²) in [5.41, 5.74) is 12.3. The van der Waals surface area contributed by atoms with Gasteiger partial charge in [-0.05, 0) is 46.2 Å². The molecular weight excluding hydrogens is 672 g/mol. The van der Waals surface area contributed by atoms with Gasteiger partial charge in [0.25, 0.3) is 0 Å². The van der Waals surface area contributed by atoms with Crippen molar-refractivity contribution in [1.82, 2.24) is 9.97 Å². The largest absolute Gasteiger partial charge is 2.00 e. The van der Waals surface area contributed by atoms with Gasteiger partial charge in [0, 0.05) is 23.8 Å². The van der Waals surface area contributed by atoms with Crippen LogP contribution in [0.4, 0.5) is 0 Å². The summed E-state index contributed by atoms with van der Waals surface area (Å²) in [6.07, 6.45) is 3.69. The van der Waals surface area contributed by atoms with Gasteiger partial charge in [-0.1, -0.05) is 136 Å². The molecule has 0 N–H and O–H groups in total. The summed E-state index contributed by atoms with van der Waals surface area (Å²) < 4.78 is 0. The maximum absolute atomic E-state index is 4.48. The van der Waals surface area contributed by atoms with Crippen LogP contribution >= 0.6 is 0 Å². The van der Waals surface area contributed by atoms with E-state index in [2.05, 4.69) is 159 Å². The first-order valence-electron chi connectivity index (χ1n) is 16.9. The van der Waals surface area contributed by atoms with E-state index in [0.29, 0.717) is 11.8 Å². The van der Waals surface area contributed by atoms with Crippen molar-refractivity contribution in [2.24, 2.45) is 0 Å². The van der Waals surface area contributed by atoms with Crippen molar-refractivity contribution in [3.05, 3.63) is 169 Å². The fourth-order valence-electron chi connectivity index (χ4n) is 6.43. The average Bonchev–Trinajstić information content (AvgIpc) is 3.78. The van der Waals surface area contributed by atoms with Crippen LogP contribution in [0.25, 0.3) is 66.3 Å². The molecule has 2 nitrogen and oxygen atoms in total. The van der Waals surface area contributed by atoms with Crippen molar-refractivity contribution in [3.63, 3.8) is 0 Å². The van der Waals surface area contributed by atoms with E-state index in [4.69, 9.17) is 0 Å². The third-order valence-corrected chi connectivity index (χ3v) is 9.20. The molecule has 0 atom stereocenters. The van der Waals surface area contributed by atoms with E-state index in [0.717, 1.165) is 11.4 Å². The summed E-state index contributed by atoms with van der Waals surface area (Å²) >= 11 is 0. The van der Waals surface area contributed by atoms with E-state index in [1.807, 2.05) is 36.7 Å². The van der Waals surface area contributed by atoms with Crippen molar-refractivity contribution < 1.29 is 26.2 Å². The van der Waals surface area contributed by atoms with E-state index in [1.54, 1.807) is 0 Å². The van der Waals surface area contributed by atoms with Crippen molar-refractivity contribution >= 4 is 21.5 Å². The van der Waals surface area contributed by atoms with Crippen LogP contribution in [-0.4, -0.2) is 9.97 Å². The average molecular weight is 712 g/mol. The number of rotatable bonds is 6. The molecule has 0 fully saturated rings. The minimum Gasteiger partial charge on any atom is -0.295 e. The molecule has 2 aromatic heterocycles. The number of benzene rings is 4. The fourth-order valence-corrected chi connectivity index (χ4v) is 6.43. The molecule has 0 aliphatic rings. The van der Waals surface area contributed by atoms with E-state index in [9.17, 15) is 0 Å². The third kappa shape index (κ3) is 7.48. The Hall–Kier alpha value is -4.72. The number of pyridine rings is 2. The molecule has 6 aromatic carbocycles. The van der Waals surface area contributed by atoms with Gasteiger partial charge in [-0.2, -0.15) is 0 Å². The quantitative estimate of drug-likeness (QED) is 0.161. The SMILES string of the molecule is CC(C)c1ccc(-c2cccc3[cH-]c(-c4ccccn4)cc23)cc1.CC(C)c1ccc(-c2cccc3[cH-]c(-c4ccccn4)cc23)cc1.[Zr+2]. The Labute approximate surface area is 309 Å². The van der Waals surface area contributed by atoms with Gasteiger partial charge in [0.05, 0.1) is 0 Å². The van der Waals surface area contributed by atoms with Gasteiger partial charge in [-0.25, -0.2) is 0 Å². The third-order valence-electron chi connectivity index (χ3n) is 9.20. The number of aromatic nitrogens is 2. The van der Waals surface area contributed by atoms with Crippen LogP contribution in [0.2, 0.25) is 0 Å². The molecule has 2 heterocycles. The van der Waals surface area contributed by atoms with Gasteiger partial charge in [0.15, 0.2) is 0 Å². The van der Waals surface area contributed by atoms with Crippen molar-refractivity contribution in [3.8, 4) is 44.8 Å². The molecular formula is C46H40N2Zr. The Morgan fingerprint density at radius 2 is 0.857 bits per heavy atom. The van der Waals surface area contributed by atoms with Crippen LogP contribution in [0.15, 0.2) is 158 Å². The Morgan fingerprint density at radius 1 is 0.449 bits per heavy atom. The van der Waals surface area contributed by atoms with E-state index in [-0.39, 0.29) is 26.2 Å². The second-order valence-corrected chi connectivity index (χ2v) is 13.1. The first-order chi connectivity index (χ1) is 23.4. The number of hydrogen-bond donors (Lipinski definition) is 0. The predicted octanol–water partition coefficient (Wildman–Crippen LogP) is 12.8. The molecule has 0 saturated carbocycles. The zero-order valence-electron chi connectivity index (χ0n) is 28.6. The van der Waals surface area contributed by atoms with Gasteiger partial charge in [-0.3, -0.25) is 9.97 Å². The fraction of sp³-hybridized carbons (Fsp3) is 0.130. The molecule has 0 aliphatic carbocycles. The number of hydrogen-bond acceptors (Lipinski definition) is 2. The van der Waals surface area contributed by atoms with E-state index < -0.39 is 0 Å². The molecule has 0 bridgehead atoms. The monoisotopic (exact) mass is 710 g/mol. The summed E-state index contributed by atoms with van der Waals surface area (Å²) in [4.78, 5) is 8.96. The number of fused-ring (bicyclic) bond motifs is 2. The Kier molecular flexibility index (Phi) is 10.6. The van der Waals surface area contributed by atoms with Crippen LogP contribution in [0.3, 0.4) is 0 Å². The van der Waals surface area contributed by atoms with Crippen LogP contribution in [0.5, 0.6) is 0 Å². The van der Waals surface area contributed by atoms with Gasteiger partial charge in [-0.15, -0.1) is 69.1 Å². The molecule has 0 aliphatic heterocycles. The predicted molar refractivity (Wildman–Crippen MR) is 205 cm³/mol. The molecule has 8 aromatic rings. The first-order valence-corrected chi connectivity index (χ1v) is 16.9. The second kappa shape index (κ2) is 15.2. The second-order valence-electron chi connectivity index (χ2n) is 13.1. The summed E-state index contributed by atoms with van der Waals surface area (Å²) in [5.74, 6) is 1.12. The van der Waals surface area contributed by atoms with Gasteiger partial charge >= 0.3 is 26.2 Å². The van der Waals surface area contributed by atoms with Crippen molar-refractivity contribution in [2.45, 2.75) is 39.5 Å². The summed E-state index contributed by atoms with van der Waals surface area (Å²) in [6, 6.07) is 52.0. The zero-order chi connectivity index (χ0) is 33.0. The molecule has 49 heavy (non-hydrogen) atoms. The smallest absolute Gasteiger partial charge is 0.295 e. The molecule has 8 rings (SSSR count). The van der Waals surface area contributed by atoms with Crippen LogP contribution in [0, 0.1) is 0 Å². The van der Waals surface area contributed by atoms with Crippen LogP contribution in [-0.2, 0) is 26.2 Å². The van der Waals surface area contributed by atoms with Crippen molar-refractivity contribution in [2.75, 3.05) is 0 Å². The Bertz CT molecular complexity index is 2090.